The molecule has 1 aromatic rings. The first-order valence-electron chi connectivity index (χ1n) is 5.26. The Bertz CT molecular complexity index is 360. The maximum atomic E-state index is 10.6. The molecular formula is C11H15NO3. The van der Waals surface area contributed by atoms with Crippen molar-refractivity contribution in [2.45, 2.75) is 38.1 Å². The third kappa shape index (κ3) is 1.84. The minimum absolute atomic E-state index is 0.0110. The first kappa shape index (κ1) is 10.1. The molecule has 0 bridgehead atoms. The normalized spacial score (nSPS) is 18.2. The molecule has 0 unspecified atom stereocenters. The molecule has 0 amide bonds. The fourth-order valence-corrected chi connectivity index (χ4v) is 1.95. The fraction of sp³-hybridized carbons (Fsp3) is 0.545. The molecule has 1 aliphatic rings. The van der Waals surface area contributed by atoms with Crippen LogP contribution in [0.25, 0.3) is 0 Å². The van der Waals surface area contributed by atoms with Crippen molar-refractivity contribution in [3.8, 4) is 0 Å². The quantitative estimate of drug-likeness (QED) is 0.800. The van der Waals surface area contributed by atoms with Crippen LogP contribution in [0.2, 0.25) is 0 Å². The van der Waals surface area contributed by atoms with Crippen LogP contribution in [-0.2, 0) is 0 Å². The van der Waals surface area contributed by atoms with Gasteiger partial charge in [0, 0.05) is 11.6 Å². The summed E-state index contributed by atoms with van der Waals surface area (Å²) in [6.07, 6.45) is 4.53. The minimum atomic E-state index is -1.03. The maximum Gasteiger partial charge on any atom is 0.371 e. The number of hydrogen-bond acceptors (Lipinski definition) is 3. The smallest absolute Gasteiger partial charge is 0.371 e. The standard InChI is InChI=1S/C11H15NO3/c1-2-11(6-3-7-11)12-9-5-4-8(15-9)10(13)14/h4-5,12H,2-3,6-7H2,1H3,(H,13,14). The van der Waals surface area contributed by atoms with E-state index in [9.17, 15) is 4.79 Å². The summed E-state index contributed by atoms with van der Waals surface area (Å²) in [4.78, 5) is 10.6. The number of rotatable bonds is 4. The maximum absolute atomic E-state index is 10.6. The van der Waals surface area contributed by atoms with Crippen LogP contribution in [0.15, 0.2) is 16.5 Å². The summed E-state index contributed by atoms with van der Waals surface area (Å²) in [5.74, 6) is -0.473. The number of furan rings is 1. The van der Waals surface area contributed by atoms with Gasteiger partial charge in [-0.15, -0.1) is 0 Å². The highest BCUT2D eigenvalue weighted by molar-refractivity contribution is 5.84. The lowest BCUT2D eigenvalue weighted by Crippen LogP contribution is -2.44. The molecule has 1 aromatic heterocycles. The molecule has 0 aliphatic heterocycles. The van der Waals surface area contributed by atoms with E-state index in [2.05, 4.69) is 12.2 Å². The number of carboxylic acids is 1. The average Bonchev–Trinajstić information content (AvgIpc) is 2.59. The third-order valence-electron chi connectivity index (χ3n) is 3.19. The number of aromatic carboxylic acids is 1. The van der Waals surface area contributed by atoms with Crippen molar-refractivity contribution in [2.24, 2.45) is 0 Å². The highest BCUT2D eigenvalue weighted by Gasteiger charge is 2.35. The molecule has 1 saturated carbocycles. The second-order valence-corrected chi connectivity index (χ2v) is 4.08. The van der Waals surface area contributed by atoms with Gasteiger partial charge in [-0.2, -0.15) is 0 Å². The highest BCUT2D eigenvalue weighted by atomic mass is 16.4. The lowest BCUT2D eigenvalue weighted by Gasteiger charge is -2.41. The second kappa shape index (κ2) is 3.61. The van der Waals surface area contributed by atoms with Crippen molar-refractivity contribution >= 4 is 11.9 Å². The van der Waals surface area contributed by atoms with Crippen molar-refractivity contribution < 1.29 is 14.3 Å². The largest absolute Gasteiger partial charge is 0.475 e. The van der Waals surface area contributed by atoms with E-state index in [0.717, 1.165) is 19.3 Å². The summed E-state index contributed by atoms with van der Waals surface area (Å²) in [7, 11) is 0. The minimum Gasteiger partial charge on any atom is -0.475 e. The van der Waals surface area contributed by atoms with E-state index in [0.29, 0.717) is 5.88 Å². The Kier molecular flexibility index (Phi) is 2.42. The Morgan fingerprint density at radius 1 is 1.60 bits per heavy atom. The van der Waals surface area contributed by atoms with Crippen molar-refractivity contribution in [3.63, 3.8) is 0 Å². The van der Waals surface area contributed by atoms with E-state index in [4.69, 9.17) is 9.52 Å². The van der Waals surface area contributed by atoms with Gasteiger partial charge in [0.1, 0.15) is 0 Å². The molecule has 4 heteroatoms. The van der Waals surface area contributed by atoms with E-state index < -0.39 is 5.97 Å². The first-order valence-corrected chi connectivity index (χ1v) is 5.26. The summed E-state index contributed by atoms with van der Waals surface area (Å²) in [6, 6.07) is 3.16. The second-order valence-electron chi connectivity index (χ2n) is 4.08. The van der Waals surface area contributed by atoms with Gasteiger partial charge in [0.05, 0.1) is 0 Å². The molecule has 0 aromatic carbocycles. The third-order valence-corrected chi connectivity index (χ3v) is 3.19. The van der Waals surface area contributed by atoms with Gasteiger partial charge in [-0.05, 0) is 31.7 Å². The van der Waals surface area contributed by atoms with Gasteiger partial charge in [-0.1, -0.05) is 6.92 Å². The van der Waals surface area contributed by atoms with Gasteiger partial charge >= 0.3 is 5.97 Å². The van der Waals surface area contributed by atoms with Gasteiger partial charge in [-0.3, -0.25) is 0 Å². The summed E-state index contributed by atoms with van der Waals surface area (Å²) in [6.45, 7) is 2.13. The molecule has 0 saturated heterocycles. The fourth-order valence-electron chi connectivity index (χ4n) is 1.95. The molecule has 0 atom stereocenters. The number of nitrogens with one attached hydrogen (secondary N) is 1. The lowest BCUT2D eigenvalue weighted by atomic mass is 9.75. The Hall–Kier alpha value is -1.45. The molecule has 1 heterocycles. The summed E-state index contributed by atoms with van der Waals surface area (Å²) in [5.41, 5.74) is 0.133. The zero-order valence-corrected chi connectivity index (χ0v) is 8.75. The zero-order valence-electron chi connectivity index (χ0n) is 8.75. The van der Waals surface area contributed by atoms with Crippen LogP contribution in [0.1, 0.15) is 43.2 Å². The number of carboxylic acid groups (broad SMARTS) is 1. The van der Waals surface area contributed by atoms with Gasteiger partial charge < -0.3 is 14.8 Å². The topological polar surface area (TPSA) is 62.5 Å². The molecule has 2 N–H and O–H groups in total. The number of anilines is 1. The van der Waals surface area contributed by atoms with Gasteiger partial charge in [-0.25, -0.2) is 4.79 Å². The van der Waals surface area contributed by atoms with Crippen molar-refractivity contribution in [1.29, 1.82) is 0 Å². The molecular weight excluding hydrogens is 194 g/mol. The number of hydrogen-bond donors (Lipinski definition) is 2. The van der Waals surface area contributed by atoms with Crippen LogP contribution in [0.4, 0.5) is 5.88 Å². The zero-order chi connectivity index (χ0) is 10.9. The lowest BCUT2D eigenvalue weighted by molar-refractivity contribution is 0.0663. The van der Waals surface area contributed by atoms with E-state index in [-0.39, 0.29) is 11.3 Å². The van der Waals surface area contributed by atoms with Crippen molar-refractivity contribution in [2.75, 3.05) is 5.32 Å². The monoisotopic (exact) mass is 209 g/mol. The first-order chi connectivity index (χ1) is 7.15. The Labute approximate surface area is 88.3 Å². The highest BCUT2D eigenvalue weighted by Crippen LogP contribution is 2.38. The van der Waals surface area contributed by atoms with Gasteiger partial charge in [0.25, 0.3) is 0 Å². The van der Waals surface area contributed by atoms with E-state index in [1.807, 2.05) is 0 Å². The van der Waals surface area contributed by atoms with Crippen molar-refractivity contribution in [3.05, 3.63) is 17.9 Å². The predicted octanol–water partition coefficient (Wildman–Crippen LogP) is 2.72. The predicted molar refractivity (Wildman–Crippen MR) is 56.2 cm³/mol. The summed E-state index contributed by atoms with van der Waals surface area (Å²) in [5, 5.41) is 12.0. The van der Waals surface area contributed by atoms with Gasteiger partial charge in [0.2, 0.25) is 5.76 Å². The average molecular weight is 209 g/mol. The van der Waals surface area contributed by atoms with Crippen LogP contribution in [0.5, 0.6) is 0 Å². The van der Waals surface area contributed by atoms with E-state index in [1.54, 1.807) is 6.07 Å². The summed E-state index contributed by atoms with van der Waals surface area (Å²) >= 11 is 0. The van der Waals surface area contributed by atoms with Crippen LogP contribution in [0.3, 0.4) is 0 Å². The van der Waals surface area contributed by atoms with Crippen molar-refractivity contribution in [1.82, 2.24) is 0 Å². The molecule has 2 rings (SSSR count). The molecule has 1 aliphatic carbocycles. The SMILES string of the molecule is CCC1(Nc2ccc(C(=O)O)o2)CCC1. The molecule has 4 nitrogen and oxygen atoms in total. The molecule has 0 radical (unpaired) electrons. The Morgan fingerprint density at radius 2 is 2.33 bits per heavy atom. The van der Waals surface area contributed by atoms with Crippen LogP contribution >= 0.6 is 0 Å². The molecule has 0 spiro atoms. The molecule has 1 fully saturated rings. The van der Waals surface area contributed by atoms with E-state index in [1.165, 1.54) is 12.5 Å². The van der Waals surface area contributed by atoms with Crippen LogP contribution in [-0.4, -0.2) is 16.6 Å². The summed E-state index contributed by atoms with van der Waals surface area (Å²) < 4.78 is 5.17. The Morgan fingerprint density at radius 3 is 2.73 bits per heavy atom. The van der Waals surface area contributed by atoms with Crippen LogP contribution in [0, 0.1) is 0 Å². The Balaban J connectivity index is 2.07. The molecule has 15 heavy (non-hydrogen) atoms. The van der Waals surface area contributed by atoms with E-state index >= 15 is 0 Å². The number of carbonyl (C=O) groups is 1. The van der Waals surface area contributed by atoms with Crippen LogP contribution < -0.4 is 5.32 Å². The molecule has 82 valence electrons. The van der Waals surface area contributed by atoms with Gasteiger partial charge in [0.15, 0.2) is 5.88 Å².